The number of fused-ring (bicyclic) bond motifs is 3. The van der Waals surface area contributed by atoms with Crippen molar-refractivity contribution in [2.45, 2.75) is 70.4 Å². The summed E-state index contributed by atoms with van der Waals surface area (Å²) in [5.74, 6) is 3.63. The molecule has 3 aromatic heterocycles. The molecule has 30 heavy (non-hydrogen) atoms. The molecule has 2 aliphatic carbocycles. The summed E-state index contributed by atoms with van der Waals surface area (Å²) in [6, 6.07) is 0.673. The molecule has 3 aliphatic rings. The summed E-state index contributed by atoms with van der Waals surface area (Å²) in [7, 11) is 0. The Hall–Kier alpha value is -3.03. The number of hydrogen-bond acceptors (Lipinski definition) is 6. The van der Waals surface area contributed by atoms with E-state index in [4.69, 9.17) is 9.97 Å². The number of hydrogen-bond donors (Lipinski definition) is 0. The SMILES string of the molecule is CC[C@@H]1c2nncn2-c2cnc(-n3ccnc3C3=CCCC3)nc2N1C1CCCC1. The summed E-state index contributed by atoms with van der Waals surface area (Å²) in [4.78, 5) is 17.0. The van der Waals surface area contributed by atoms with Crippen LogP contribution in [-0.4, -0.2) is 40.3 Å². The second-order valence-electron chi connectivity index (χ2n) is 8.45. The number of anilines is 1. The van der Waals surface area contributed by atoms with E-state index in [2.05, 4.69) is 37.6 Å². The van der Waals surface area contributed by atoms with Crippen LogP contribution in [0.5, 0.6) is 0 Å². The van der Waals surface area contributed by atoms with Crippen LogP contribution in [0.25, 0.3) is 17.2 Å². The highest BCUT2D eigenvalue weighted by molar-refractivity contribution is 5.65. The first-order valence-electron chi connectivity index (χ1n) is 11.1. The Balaban J connectivity index is 1.50. The van der Waals surface area contributed by atoms with Crippen molar-refractivity contribution < 1.29 is 0 Å². The van der Waals surface area contributed by atoms with Crippen molar-refractivity contribution in [3.05, 3.63) is 42.6 Å². The summed E-state index contributed by atoms with van der Waals surface area (Å²) in [5, 5.41) is 8.67. The molecule has 0 unspecified atom stereocenters. The van der Waals surface area contributed by atoms with Crippen LogP contribution in [0.1, 0.15) is 76.0 Å². The Morgan fingerprint density at radius 1 is 1.10 bits per heavy atom. The topological polar surface area (TPSA) is 77.5 Å². The lowest BCUT2D eigenvalue weighted by atomic mass is 10.0. The van der Waals surface area contributed by atoms with Gasteiger partial charge in [0.25, 0.3) is 0 Å². The monoisotopic (exact) mass is 402 g/mol. The Labute approximate surface area is 175 Å². The van der Waals surface area contributed by atoms with Gasteiger partial charge < -0.3 is 4.90 Å². The summed E-state index contributed by atoms with van der Waals surface area (Å²) < 4.78 is 4.10. The van der Waals surface area contributed by atoms with Gasteiger partial charge in [0.2, 0.25) is 5.95 Å². The average molecular weight is 403 g/mol. The van der Waals surface area contributed by atoms with E-state index in [0.29, 0.717) is 12.0 Å². The molecule has 0 amide bonds. The van der Waals surface area contributed by atoms with Gasteiger partial charge in [0, 0.05) is 18.4 Å². The predicted octanol–water partition coefficient (Wildman–Crippen LogP) is 4.02. The van der Waals surface area contributed by atoms with Crippen molar-refractivity contribution in [1.82, 2.24) is 34.3 Å². The minimum atomic E-state index is 0.186. The minimum Gasteiger partial charge on any atom is -0.341 e. The van der Waals surface area contributed by atoms with E-state index in [1.165, 1.54) is 37.7 Å². The maximum absolute atomic E-state index is 5.12. The molecule has 4 heterocycles. The van der Waals surface area contributed by atoms with Crippen molar-refractivity contribution in [3.63, 3.8) is 0 Å². The van der Waals surface area contributed by atoms with Gasteiger partial charge in [-0.05, 0) is 44.1 Å². The maximum Gasteiger partial charge on any atom is 0.237 e. The molecule has 0 bridgehead atoms. The molecule has 1 saturated carbocycles. The lowest BCUT2D eigenvalue weighted by Crippen LogP contribution is -2.42. The fourth-order valence-corrected chi connectivity index (χ4v) is 5.33. The number of imidazole rings is 1. The zero-order valence-corrected chi connectivity index (χ0v) is 17.3. The summed E-state index contributed by atoms with van der Waals surface area (Å²) in [5.41, 5.74) is 2.26. The van der Waals surface area contributed by atoms with E-state index in [1.807, 2.05) is 23.2 Å². The third-order valence-electron chi connectivity index (χ3n) is 6.74. The van der Waals surface area contributed by atoms with Crippen LogP contribution in [0.2, 0.25) is 0 Å². The fraction of sp³-hybridized carbons (Fsp3) is 0.500. The molecule has 1 atom stereocenters. The van der Waals surface area contributed by atoms with Gasteiger partial charge in [-0.1, -0.05) is 25.8 Å². The third-order valence-corrected chi connectivity index (χ3v) is 6.74. The third kappa shape index (κ3) is 2.62. The maximum atomic E-state index is 5.12. The van der Waals surface area contributed by atoms with Crippen LogP contribution in [0, 0.1) is 0 Å². The number of nitrogens with zero attached hydrogens (tertiary/aromatic N) is 8. The molecule has 0 N–H and O–H groups in total. The molecular formula is C22H26N8. The Kier molecular flexibility index (Phi) is 4.17. The molecular weight excluding hydrogens is 376 g/mol. The van der Waals surface area contributed by atoms with E-state index >= 15 is 0 Å². The smallest absolute Gasteiger partial charge is 0.237 e. The van der Waals surface area contributed by atoms with Gasteiger partial charge in [0.05, 0.1) is 12.2 Å². The van der Waals surface area contributed by atoms with Gasteiger partial charge in [-0.3, -0.25) is 9.13 Å². The van der Waals surface area contributed by atoms with Crippen molar-refractivity contribution in [1.29, 1.82) is 0 Å². The zero-order chi connectivity index (χ0) is 20.1. The van der Waals surface area contributed by atoms with E-state index in [1.54, 1.807) is 6.33 Å². The molecule has 8 nitrogen and oxygen atoms in total. The first-order valence-corrected chi connectivity index (χ1v) is 11.1. The van der Waals surface area contributed by atoms with Crippen molar-refractivity contribution >= 4 is 11.4 Å². The van der Waals surface area contributed by atoms with Crippen LogP contribution >= 0.6 is 0 Å². The van der Waals surface area contributed by atoms with E-state index in [0.717, 1.165) is 42.4 Å². The molecule has 0 spiro atoms. The Bertz CT molecular complexity index is 1100. The Morgan fingerprint density at radius 2 is 2.00 bits per heavy atom. The lowest BCUT2D eigenvalue weighted by molar-refractivity contribution is 0.468. The van der Waals surface area contributed by atoms with Crippen LogP contribution in [0.4, 0.5) is 5.82 Å². The first-order chi connectivity index (χ1) is 14.8. The van der Waals surface area contributed by atoms with Crippen LogP contribution < -0.4 is 4.90 Å². The molecule has 6 rings (SSSR count). The molecule has 154 valence electrons. The predicted molar refractivity (Wildman–Crippen MR) is 114 cm³/mol. The van der Waals surface area contributed by atoms with Crippen LogP contribution in [0.15, 0.2) is 31.0 Å². The van der Waals surface area contributed by atoms with Gasteiger partial charge in [-0.15, -0.1) is 10.2 Å². The number of aromatic nitrogens is 7. The Morgan fingerprint density at radius 3 is 2.80 bits per heavy atom. The second kappa shape index (κ2) is 7.04. The molecule has 0 aromatic carbocycles. The van der Waals surface area contributed by atoms with E-state index in [9.17, 15) is 0 Å². The normalized spacial score (nSPS) is 21.0. The summed E-state index contributed by atoms with van der Waals surface area (Å²) in [6.07, 6.45) is 19.1. The summed E-state index contributed by atoms with van der Waals surface area (Å²) in [6.45, 7) is 2.22. The molecule has 8 heteroatoms. The van der Waals surface area contributed by atoms with Gasteiger partial charge in [0.1, 0.15) is 17.8 Å². The van der Waals surface area contributed by atoms with Crippen LogP contribution in [0.3, 0.4) is 0 Å². The van der Waals surface area contributed by atoms with Crippen molar-refractivity contribution in [2.24, 2.45) is 0 Å². The molecule has 1 aliphatic heterocycles. The van der Waals surface area contributed by atoms with Gasteiger partial charge in [-0.2, -0.15) is 4.98 Å². The highest BCUT2D eigenvalue weighted by Gasteiger charge is 2.38. The van der Waals surface area contributed by atoms with Gasteiger partial charge in [-0.25, -0.2) is 9.97 Å². The summed E-state index contributed by atoms with van der Waals surface area (Å²) >= 11 is 0. The molecule has 3 aromatic rings. The number of allylic oxidation sites excluding steroid dienone is 2. The van der Waals surface area contributed by atoms with Gasteiger partial charge >= 0.3 is 0 Å². The lowest BCUT2D eigenvalue weighted by Gasteiger charge is -2.40. The quantitative estimate of drug-likeness (QED) is 0.656. The minimum absolute atomic E-state index is 0.186. The molecule has 0 radical (unpaired) electrons. The molecule has 1 fully saturated rings. The zero-order valence-electron chi connectivity index (χ0n) is 17.3. The van der Waals surface area contributed by atoms with E-state index < -0.39 is 0 Å². The van der Waals surface area contributed by atoms with Crippen LogP contribution in [-0.2, 0) is 0 Å². The largest absolute Gasteiger partial charge is 0.341 e. The van der Waals surface area contributed by atoms with Crippen molar-refractivity contribution in [3.8, 4) is 11.6 Å². The number of rotatable bonds is 4. The van der Waals surface area contributed by atoms with E-state index in [-0.39, 0.29) is 6.04 Å². The second-order valence-corrected chi connectivity index (χ2v) is 8.45. The highest BCUT2D eigenvalue weighted by Crippen LogP contribution is 2.42. The fourth-order valence-electron chi connectivity index (χ4n) is 5.33. The average Bonchev–Trinajstić information content (AvgIpc) is 3.57. The highest BCUT2D eigenvalue weighted by atomic mass is 15.4. The van der Waals surface area contributed by atoms with Gasteiger partial charge in [0.15, 0.2) is 11.6 Å². The standard InChI is InChI=1S/C22H26N8/c1-2-17-21-27-25-14-29(21)18-13-24-22(26-20(18)30(17)16-9-5-6-10-16)28-12-11-23-19(28)15-7-3-4-8-15/h7,11-14,16-17H,2-6,8-10H2,1H3/t17-/m1/s1. The van der Waals surface area contributed by atoms with Crippen molar-refractivity contribution in [2.75, 3.05) is 4.90 Å². The first kappa shape index (κ1) is 17.8. The molecule has 0 saturated heterocycles.